The van der Waals surface area contributed by atoms with Crippen LogP contribution in [-0.4, -0.2) is 25.3 Å². The van der Waals surface area contributed by atoms with Crippen LogP contribution < -0.4 is 4.74 Å². The van der Waals surface area contributed by atoms with Crippen LogP contribution in [0.15, 0.2) is 18.2 Å². The Morgan fingerprint density at radius 3 is 2.85 bits per heavy atom. The Hall–Kier alpha value is -1.13. The highest BCUT2D eigenvalue weighted by Gasteiger charge is 2.19. The molecule has 1 aromatic rings. The van der Waals surface area contributed by atoms with Gasteiger partial charge in [-0.3, -0.25) is 0 Å². The van der Waals surface area contributed by atoms with Crippen LogP contribution in [0.2, 0.25) is 0 Å². The van der Waals surface area contributed by atoms with E-state index in [1.807, 2.05) is 12.1 Å². The average Bonchev–Trinajstić information content (AvgIpc) is 2.71. The predicted molar refractivity (Wildman–Crippen MR) is 45.4 cm³/mol. The van der Waals surface area contributed by atoms with Crippen LogP contribution in [0.3, 0.4) is 0 Å². The molecule has 0 atom stereocenters. The molecule has 1 aliphatic rings. The van der Waals surface area contributed by atoms with Gasteiger partial charge in [-0.2, -0.15) is 0 Å². The maximum absolute atomic E-state index is 5.30. The molecule has 0 aliphatic carbocycles. The van der Waals surface area contributed by atoms with Gasteiger partial charge in [0, 0.05) is 6.07 Å². The van der Waals surface area contributed by atoms with Crippen molar-refractivity contribution >= 4 is 0 Å². The molecule has 2 heterocycles. The van der Waals surface area contributed by atoms with Crippen molar-refractivity contribution in [3.63, 3.8) is 0 Å². The van der Waals surface area contributed by atoms with Crippen molar-refractivity contribution in [2.45, 2.75) is 6.29 Å². The van der Waals surface area contributed by atoms with E-state index < -0.39 is 0 Å². The summed E-state index contributed by atoms with van der Waals surface area (Å²) in [5.41, 5.74) is 0.761. The summed E-state index contributed by atoms with van der Waals surface area (Å²) in [7, 11) is 1.59. The van der Waals surface area contributed by atoms with Gasteiger partial charge in [-0.25, -0.2) is 4.98 Å². The van der Waals surface area contributed by atoms with Gasteiger partial charge in [-0.1, -0.05) is 6.07 Å². The van der Waals surface area contributed by atoms with Crippen LogP contribution >= 0.6 is 0 Å². The summed E-state index contributed by atoms with van der Waals surface area (Å²) in [6, 6.07) is 5.52. The number of rotatable bonds is 2. The standard InChI is InChI=1S/C9H11NO3/c1-11-8-4-2-3-7(10-8)9-12-5-6-13-9/h2-4,9H,5-6H2,1H3. The van der Waals surface area contributed by atoms with Gasteiger partial charge in [0.25, 0.3) is 0 Å². The van der Waals surface area contributed by atoms with Gasteiger partial charge in [0.1, 0.15) is 5.69 Å². The summed E-state index contributed by atoms with van der Waals surface area (Å²) < 4.78 is 15.6. The molecule has 1 aliphatic heterocycles. The molecule has 0 amide bonds. The first-order chi connectivity index (χ1) is 6.40. The summed E-state index contributed by atoms with van der Waals surface area (Å²) >= 11 is 0. The molecule has 0 spiro atoms. The summed E-state index contributed by atoms with van der Waals surface area (Å²) in [5, 5.41) is 0. The first-order valence-electron chi connectivity index (χ1n) is 4.14. The topological polar surface area (TPSA) is 40.6 Å². The molecule has 4 nitrogen and oxygen atoms in total. The lowest BCUT2D eigenvalue weighted by Gasteiger charge is -2.08. The Morgan fingerprint density at radius 1 is 1.38 bits per heavy atom. The summed E-state index contributed by atoms with van der Waals surface area (Å²) in [6.07, 6.45) is -0.324. The van der Waals surface area contributed by atoms with Crippen molar-refractivity contribution in [3.8, 4) is 5.88 Å². The quantitative estimate of drug-likeness (QED) is 0.685. The second kappa shape index (κ2) is 3.72. The molecule has 0 aromatic carbocycles. The van der Waals surface area contributed by atoms with Gasteiger partial charge in [0.15, 0.2) is 0 Å². The SMILES string of the molecule is COc1cccc(C2OCCO2)n1. The van der Waals surface area contributed by atoms with Crippen molar-refractivity contribution < 1.29 is 14.2 Å². The largest absolute Gasteiger partial charge is 0.481 e. The van der Waals surface area contributed by atoms with E-state index in [9.17, 15) is 0 Å². The zero-order valence-electron chi connectivity index (χ0n) is 7.40. The molecular formula is C9H11NO3. The van der Waals surface area contributed by atoms with Crippen molar-refractivity contribution in [2.75, 3.05) is 20.3 Å². The first-order valence-corrected chi connectivity index (χ1v) is 4.14. The Morgan fingerprint density at radius 2 is 2.15 bits per heavy atom. The number of ether oxygens (including phenoxy) is 3. The van der Waals surface area contributed by atoms with E-state index in [0.717, 1.165) is 5.69 Å². The molecular weight excluding hydrogens is 170 g/mol. The first kappa shape index (κ1) is 8.47. The number of methoxy groups -OCH3 is 1. The fraction of sp³-hybridized carbons (Fsp3) is 0.444. The Balaban J connectivity index is 2.18. The lowest BCUT2D eigenvalue weighted by molar-refractivity contribution is -0.0475. The van der Waals surface area contributed by atoms with Crippen molar-refractivity contribution in [3.05, 3.63) is 23.9 Å². The molecule has 0 saturated carbocycles. The Bertz CT molecular complexity index is 284. The second-order valence-electron chi connectivity index (χ2n) is 2.68. The van der Waals surface area contributed by atoms with Gasteiger partial charge < -0.3 is 14.2 Å². The zero-order valence-corrected chi connectivity index (χ0v) is 7.40. The maximum Gasteiger partial charge on any atom is 0.213 e. The highest BCUT2D eigenvalue weighted by atomic mass is 16.7. The van der Waals surface area contributed by atoms with Crippen LogP contribution in [0.1, 0.15) is 12.0 Å². The van der Waals surface area contributed by atoms with Crippen LogP contribution in [0.25, 0.3) is 0 Å². The highest BCUT2D eigenvalue weighted by Crippen LogP contribution is 2.22. The van der Waals surface area contributed by atoms with E-state index in [-0.39, 0.29) is 6.29 Å². The predicted octanol–water partition coefficient (Wildman–Crippen LogP) is 1.14. The third kappa shape index (κ3) is 1.79. The summed E-state index contributed by atoms with van der Waals surface area (Å²) in [4.78, 5) is 4.20. The second-order valence-corrected chi connectivity index (χ2v) is 2.68. The third-order valence-corrected chi connectivity index (χ3v) is 1.82. The van der Waals surface area contributed by atoms with E-state index in [4.69, 9.17) is 14.2 Å². The molecule has 1 saturated heterocycles. The molecule has 1 fully saturated rings. The molecule has 0 N–H and O–H groups in total. The van der Waals surface area contributed by atoms with Crippen LogP contribution in [0.5, 0.6) is 5.88 Å². The lowest BCUT2D eigenvalue weighted by Crippen LogP contribution is -2.01. The van der Waals surface area contributed by atoms with E-state index in [2.05, 4.69) is 4.98 Å². The van der Waals surface area contributed by atoms with Gasteiger partial charge in [-0.15, -0.1) is 0 Å². The summed E-state index contributed by atoms with van der Waals surface area (Å²) in [6.45, 7) is 1.26. The maximum atomic E-state index is 5.30. The molecule has 0 unspecified atom stereocenters. The van der Waals surface area contributed by atoms with E-state index in [1.54, 1.807) is 13.2 Å². The lowest BCUT2D eigenvalue weighted by atomic mass is 10.3. The highest BCUT2D eigenvalue weighted by molar-refractivity contribution is 5.16. The van der Waals surface area contributed by atoms with Crippen LogP contribution in [0.4, 0.5) is 0 Å². The average molecular weight is 181 g/mol. The number of hydrogen-bond acceptors (Lipinski definition) is 4. The van der Waals surface area contributed by atoms with E-state index >= 15 is 0 Å². The molecule has 2 rings (SSSR count). The normalized spacial score (nSPS) is 17.6. The number of nitrogens with zero attached hydrogens (tertiary/aromatic N) is 1. The van der Waals surface area contributed by atoms with Gasteiger partial charge in [0.05, 0.1) is 20.3 Å². The zero-order chi connectivity index (χ0) is 9.10. The number of hydrogen-bond donors (Lipinski definition) is 0. The fourth-order valence-electron chi connectivity index (χ4n) is 1.20. The Kier molecular flexibility index (Phi) is 2.42. The minimum Gasteiger partial charge on any atom is -0.481 e. The molecule has 4 heteroatoms. The van der Waals surface area contributed by atoms with Crippen LogP contribution in [0, 0.1) is 0 Å². The molecule has 13 heavy (non-hydrogen) atoms. The molecule has 1 aromatic heterocycles. The third-order valence-electron chi connectivity index (χ3n) is 1.82. The monoisotopic (exact) mass is 181 g/mol. The molecule has 0 radical (unpaired) electrons. The van der Waals surface area contributed by atoms with Gasteiger partial charge in [-0.05, 0) is 6.07 Å². The Labute approximate surface area is 76.4 Å². The van der Waals surface area contributed by atoms with E-state index in [1.165, 1.54) is 0 Å². The van der Waals surface area contributed by atoms with Crippen molar-refractivity contribution in [1.82, 2.24) is 4.98 Å². The smallest absolute Gasteiger partial charge is 0.213 e. The molecule has 0 bridgehead atoms. The minimum atomic E-state index is -0.324. The molecule has 70 valence electrons. The number of aromatic nitrogens is 1. The van der Waals surface area contributed by atoms with Crippen molar-refractivity contribution in [2.24, 2.45) is 0 Å². The van der Waals surface area contributed by atoms with Gasteiger partial charge in [0.2, 0.25) is 12.2 Å². The van der Waals surface area contributed by atoms with Gasteiger partial charge >= 0.3 is 0 Å². The van der Waals surface area contributed by atoms with E-state index in [0.29, 0.717) is 19.1 Å². The number of pyridine rings is 1. The van der Waals surface area contributed by atoms with Crippen LogP contribution in [-0.2, 0) is 9.47 Å². The van der Waals surface area contributed by atoms with Crippen molar-refractivity contribution in [1.29, 1.82) is 0 Å². The minimum absolute atomic E-state index is 0.324. The fourth-order valence-corrected chi connectivity index (χ4v) is 1.20. The summed E-state index contributed by atoms with van der Waals surface area (Å²) in [5.74, 6) is 0.580.